The van der Waals surface area contributed by atoms with Crippen molar-refractivity contribution in [2.45, 2.75) is 16.3 Å². The van der Waals surface area contributed by atoms with Gasteiger partial charge in [-0.3, -0.25) is 9.52 Å². The lowest BCUT2D eigenvalue weighted by Gasteiger charge is -2.16. The van der Waals surface area contributed by atoms with Crippen LogP contribution in [0.4, 0.5) is 5.69 Å². The Morgan fingerprint density at radius 3 is 3.21 bits per heavy atom. The minimum atomic E-state index is 0.0585. The SMILES string of the molecule is O=C1CSc2ccc(SNCc3ccco3)cc2N1. The van der Waals surface area contributed by atoms with Crippen molar-refractivity contribution in [1.29, 1.82) is 0 Å². The summed E-state index contributed by atoms with van der Waals surface area (Å²) in [6.45, 7) is 0.663. The molecule has 0 bridgehead atoms. The van der Waals surface area contributed by atoms with E-state index in [0.29, 0.717) is 12.3 Å². The predicted molar refractivity (Wildman–Crippen MR) is 77.2 cm³/mol. The molecule has 0 spiro atoms. The second kappa shape index (κ2) is 5.73. The van der Waals surface area contributed by atoms with E-state index in [0.717, 1.165) is 21.2 Å². The van der Waals surface area contributed by atoms with E-state index in [1.807, 2.05) is 30.3 Å². The highest BCUT2D eigenvalue weighted by molar-refractivity contribution is 8.00. The van der Waals surface area contributed by atoms with E-state index in [4.69, 9.17) is 4.42 Å². The monoisotopic (exact) mass is 292 g/mol. The van der Waals surface area contributed by atoms with Crippen LogP contribution in [0.3, 0.4) is 0 Å². The topological polar surface area (TPSA) is 54.3 Å². The van der Waals surface area contributed by atoms with Crippen LogP contribution in [-0.2, 0) is 11.3 Å². The Kier molecular flexibility index (Phi) is 3.82. The van der Waals surface area contributed by atoms with Crippen molar-refractivity contribution in [2.75, 3.05) is 11.1 Å². The molecule has 0 radical (unpaired) electrons. The van der Waals surface area contributed by atoms with Crippen molar-refractivity contribution in [3.8, 4) is 0 Å². The average Bonchev–Trinajstić information content (AvgIpc) is 2.91. The Morgan fingerprint density at radius 1 is 1.42 bits per heavy atom. The number of hydrogen-bond donors (Lipinski definition) is 2. The van der Waals surface area contributed by atoms with Crippen molar-refractivity contribution in [3.05, 3.63) is 42.4 Å². The van der Waals surface area contributed by atoms with Gasteiger partial charge in [0.1, 0.15) is 5.76 Å². The lowest BCUT2D eigenvalue weighted by molar-refractivity contribution is -0.113. The number of thioether (sulfide) groups is 1. The van der Waals surface area contributed by atoms with Gasteiger partial charge in [0.05, 0.1) is 24.2 Å². The summed E-state index contributed by atoms with van der Waals surface area (Å²) < 4.78 is 8.47. The lowest BCUT2D eigenvalue weighted by Crippen LogP contribution is -2.18. The molecule has 1 aromatic heterocycles. The van der Waals surface area contributed by atoms with E-state index in [2.05, 4.69) is 10.0 Å². The van der Waals surface area contributed by atoms with Gasteiger partial charge in [-0.25, -0.2) is 0 Å². The van der Waals surface area contributed by atoms with Gasteiger partial charge in [0, 0.05) is 9.79 Å². The predicted octanol–water partition coefficient (Wildman–Crippen LogP) is 3.12. The van der Waals surface area contributed by atoms with Crippen LogP contribution in [0.15, 0.2) is 50.8 Å². The van der Waals surface area contributed by atoms with E-state index in [1.165, 1.54) is 11.9 Å². The summed E-state index contributed by atoms with van der Waals surface area (Å²) in [6.07, 6.45) is 1.66. The first-order chi connectivity index (χ1) is 9.31. The molecular weight excluding hydrogens is 280 g/mol. The molecule has 19 heavy (non-hydrogen) atoms. The largest absolute Gasteiger partial charge is 0.468 e. The van der Waals surface area contributed by atoms with Crippen molar-refractivity contribution in [1.82, 2.24) is 4.72 Å². The molecule has 1 aliphatic heterocycles. The molecule has 0 saturated heterocycles. The van der Waals surface area contributed by atoms with Gasteiger partial charge in [0.2, 0.25) is 5.91 Å². The quantitative estimate of drug-likeness (QED) is 0.848. The lowest BCUT2D eigenvalue weighted by atomic mass is 10.3. The fourth-order valence-electron chi connectivity index (χ4n) is 1.73. The Hall–Kier alpha value is -1.37. The molecule has 2 N–H and O–H groups in total. The standard InChI is InChI=1S/C13H12N2O2S2/c16-13-8-18-12-4-3-10(6-11(12)15-13)19-14-7-9-2-1-5-17-9/h1-6,14H,7-8H2,(H,15,16). The van der Waals surface area contributed by atoms with Crippen LogP contribution >= 0.6 is 23.7 Å². The summed E-state index contributed by atoms with van der Waals surface area (Å²) in [5, 5.41) is 2.88. The fourth-order valence-corrected chi connectivity index (χ4v) is 3.21. The molecular formula is C13H12N2O2S2. The van der Waals surface area contributed by atoms with Crippen LogP contribution in [0, 0.1) is 0 Å². The minimum Gasteiger partial charge on any atom is -0.468 e. The van der Waals surface area contributed by atoms with E-state index in [1.54, 1.807) is 18.0 Å². The van der Waals surface area contributed by atoms with Gasteiger partial charge in [0.25, 0.3) is 0 Å². The van der Waals surface area contributed by atoms with E-state index in [-0.39, 0.29) is 5.91 Å². The number of furan rings is 1. The van der Waals surface area contributed by atoms with Crippen LogP contribution in [0.25, 0.3) is 0 Å². The maximum absolute atomic E-state index is 11.3. The second-order valence-electron chi connectivity index (χ2n) is 4.00. The molecule has 6 heteroatoms. The van der Waals surface area contributed by atoms with Gasteiger partial charge < -0.3 is 9.73 Å². The van der Waals surface area contributed by atoms with Gasteiger partial charge in [-0.05, 0) is 42.3 Å². The number of fused-ring (bicyclic) bond motifs is 1. The first kappa shape index (κ1) is 12.7. The molecule has 1 aliphatic rings. The maximum atomic E-state index is 11.3. The second-order valence-corrected chi connectivity index (χ2v) is 5.98. The number of rotatable bonds is 4. The highest BCUT2D eigenvalue weighted by Gasteiger charge is 2.15. The molecule has 0 atom stereocenters. The summed E-state index contributed by atoms with van der Waals surface area (Å²) in [4.78, 5) is 13.5. The number of carbonyl (C=O) groups excluding carboxylic acids is 1. The number of hydrogen-bond acceptors (Lipinski definition) is 5. The fraction of sp³-hybridized carbons (Fsp3) is 0.154. The molecule has 3 rings (SSSR count). The third kappa shape index (κ3) is 3.15. The third-order valence-electron chi connectivity index (χ3n) is 2.60. The Morgan fingerprint density at radius 2 is 2.37 bits per heavy atom. The summed E-state index contributed by atoms with van der Waals surface area (Å²) in [5.74, 6) is 1.45. The Labute approximate surface area is 119 Å². The van der Waals surface area contributed by atoms with Gasteiger partial charge in [-0.15, -0.1) is 11.8 Å². The maximum Gasteiger partial charge on any atom is 0.234 e. The number of amides is 1. The Balaban J connectivity index is 1.62. The van der Waals surface area contributed by atoms with Crippen molar-refractivity contribution >= 4 is 35.3 Å². The molecule has 2 aromatic rings. The van der Waals surface area contributed by atoms with Crippen LogP contribution in [0.5, 0.6) is 0 Å². The smallest absolute Gasteiger partial charge is 0.234 e. The zero-order valence-corrected chi connectivity index (χ0v) is 11.6. The summed E-state index contributed by atoms with van der Waals surface area (Å²) in [6, 6.07) is 9.86. The van der Waals surface area contributed by atoms with E-state index >= 15 is 0 Å². The third-order valence-corrected chi connectivity index (χ3v) is 4.45. The molecule has 0 unspecified atom stereocenters. The van der Waals surface area contributed by atoms with E-state index < -0.39 is 0 Å². The zero-order chi connectivity index (χ0) is 13.1. The summed E-state index contributed by atoms with van der Waals surface area (Å²) in [5.41, 5.74) is 0.894. The molecule has 0 aliphatic carbocycles. The molecule has 98 valence electrons. The van der Waals surface area contributed by atoms with Crippen molar-refractivity contribution in [2.24, 2.45) is 0 Å². The van der Waals surface area contributed by atoms with Crippen LogP contribution < -0.4 is 10.0 Å². The van der Waals surface area contributed by atoms with Crippen LogP contribution in [0.2, 0.25) is 0 Å². The average molecular weight is 292 g/mol. The highest BCUT2D eigenvalue weighted by atomic mass is 32.2. The van der Waals surface area contributed by atoms with Crippen LogP contribution in [-0.4, -0.2) is 11.7 Å². The Bertz CT molecular complexity index is 584. The van der Waals surface area contributed by atoms with Gasteiger partial charge >= 0.3 is 0 Å². The highest BCUT2D eigenvalue weighted by Crippen LogP contribution is 2.34. The van der Waals surface area contributed by atoms with Crippen molar-refractivity contribution < 1.29 is 9.21 Å². The molecule has 1 amide bonds. The first-order valence-corrected chi connectivity index (χ1v) is 7.60. The normalized spacial score (nSPS) is 14.0. The molecule has 1 aromatic carbocycles. The molecule has 0 fully saturated rings. The number of benzene rings is 1. The summed E-state index contributed by atoms with van der Waals surface area (Å²) >= 11 is 3.09. The summed E-state index contributed by atoms with van der Waals surface area (Å²) in [7, 11) is 0. The molecule has 2 heterocycles. The zero-order valence-electron chi connectivity index (χ0n) is 10.0. The minimum absolute atomic E-state index is 0.0585. The van der Waals surface area contributed by atoms with Gasteiger partial charge in [-0.2, -0.15) is 0 Å². The van der Waals surface area contributed by atoms with Gasteiger partial charge in [0.15, 0.2) is 0 Å². The number of nitrogens with one attached hydrogen (secondary N) is 2. The van der Waals surface area contributed by atoms with E-state index in [9.17, 15) is 4.79 Å². The number of anilines is 1. The molecule has 4 nitrogen and oxygen atoms in total. The van der Waals surface area contributed by atoms with Crippen molar-refractivity contribution in [3.63, 3.8) is 0 Å². The number of carbonyl (C=O) groups is 1. The first-order valence-electron chi connectivity index (χ1n) is 5.80. The molecule has 0 saturated carbocycles. The van der Waals surface area contributed by atoms with Gasteiger partial charge in [-0.1, -0.05) is 0 Å². The van der Waals surface area contributed by atoms with Crippen LogP contribution in [0.1, 0.15) is 5.76 Å².